The summed E-state index contributed by atoms with van der Waals surface area (Å²) in [7, 11) is -0.306. The molecule has 0 N–H and O–H groups in total. The van der Waals surface area contributed by atoms with Crippen LogP contribution >= 0.6 is 10.0 Å². The third kappa shape index (κ3) is 2.42. The van der Waals surface area contributed by atoms with E-state index in [1.54, 1.807) is 0 Å². The van der Waals surface area contributed by atoms with Crippen LogP contribution in [0.1, 0.15) is 39.5 Å². The highest BCUT2D eigenvalue weighted by Gasteiger charge is 2.42. The quantitative estimate of drug-likeness (QED) is 0.632. The van der Waals surface area contributed by atoms with E-state index >= 15 is 0 Å². The van der Waals surface area contributed by atoms with E-state index < -0.39 is 0 Å². The van der Waals surface area contributed by atoms with Crippen LogP contribution < -0.4 is 0 Å². The molecular formula is C11H24S. The van der Waals surface area contributed by atoms with Gasteiger partial charge in [0, 0.05) is 0 Å². The SMILES string of the molecule is CCC1(CC(C)S(C)(C)C)CC1. The Labute approximate surface area is 79.4 Å². The lowest BCUT2D eigenvalue weighted by Crippen LogP contribution is -2.16. The minimum atomic E-state index is -0.306. The van der Waals surface area contributed by atoms with Crippen LogP contribution in [0.25, 0.3) is 0 Å². The van der Waals surface area contributed by atoms with Crippen LogP contribution in [0.2, 0.25) is 0 Å². The zero-order chi connectivity index (χ0) is 9.41. The van der Waals surface area contributed by atoms with Gasteiger partial charge in [0.1, 0.15) is 0 Å². The maximum Gasteiger partial charge on any atom is -0.0142 e. The average molecular weight is 188 g/mol. The standard InChI is InChI=1S/C11H24S/c1-6-11(7-8-11)9-10(2)12(3,4)5/h10H,6-9H2,1-5H3. The molecule has 0 bridgehead atoms. The molecule has 0 aliphatic heterocycles. The first kappa shape index (κ1) is 10.4. The summed E-state index contributed by atoms with van der Waals surface area (Å²) in [6.45, 7) is 4.81. The van der Waals surface area contributed by atoms with Crippen LogP contribution in [0.4, 0.5) is 0 Å². The average Bonchev–Trinajstić information content (AvgIpc) is 2.67. The maximum absolute atomic E-state index is 2.45. The lowest BCUT2D eigenvalue weighted by atomic mass is 9.98. The Morgan fingerprint density at radius 2 is 1.75 bits per heavy atom. The molecule has 1 atom stereocenters. The van der Waals surface area contributed by atoms with Gasteiger partial charge in [0.25, 0.3) is 0 Å². The highest BCUT2D eigenvalue weighted by molar-refractivity contribution is 8.32. The van der Waals surface area contributed by atoms with Gasteiger partial charge in [-0.1, -0.05) is 20.3 Å². The van der Waals surface area contributed by atoms with E-state index in [9.17, 15) is 0 Å². The van der Waals surface area contributed by atoms with Crippen molar-refractivity contribution in [3.63, 3.8) is 0 Å². The lowest BCUT2D eigenvalue weighted by Gasteiger charge is -2.35. The van der Waals surface area contributed by atoms with Gasteiger partial charge in [0.05, 0.1) is 0 Å². The fourth-order valence-electron chi connectivity index (χ4n) is 1.74. The molecule has 0 aromatic carbocycles. The molecule has 0 heterocycles. The van der Waals surface area contributed by atoms with Gasteiger partial charge in [0.2, 0.25) is 0 Å². The first-order valence-electron chi connectivity index (χ1n) is 5.07. The van der Waals surface area contributed by atoms with Gasteiger partial charge in [-0.2, -0.15) is 0 Å². The first-order chi connectivity index (χ1) is 5.40. The molecule has 0 amide bonds. The Kier molecular flexibility index (Phi) is 2.82. The molecule has 0 radical (unpaired) electrons. The van der Waals surface area contributed by atoms with Crippen molar-refractivity contribution in [1.82, 2.24) is 0 Å². The fraction of sp³-hybridized carbons (Fsp3) is 1.00. The Bertz CT molecular complexity index is 151. The highest BCUT2D eigenvalue weighted by Crippen LogP contribution is 2.57. The van der Waals surface area contributed by atoms with Gasteiger partial charge < -0.3 is 0 Å². The minimum Gasteiger partial charge on any atom is -0.247 e. The van der Waals surface area contributed by atoms with Crippen molar-refractivity contribution in [3.8, 4) is 0 Å². The molecule has 1 unspecified atom stereocenters. The van der Waals surface area contributed by atoms with Crippen molar-refractivity contribution >= 4 is 10.0 Å². The predicted octanol–water partition coefficient (Wildman–Crippen LogP) is 3.65. The summed E-state index contributed by atoms with van der Waals surface area (Å²) < 4.78 is 0. The maximum atomic E-state index is 2.45. The summed E-state index contributed by atoms with van der Waals surface area (Å²) in [6, 6.07) is 0. The van der Waals surface area contributed by atoms with Crippen molar-refractivity contribution < 1.29 is 0 Å². The van der Waals surface area contributed by atoms with Crippen LogP contribution in [0.5, 0.6) is 0 Å². The molecule has 1 heteroatoms. The highest BCUT2D eigenvalue weighted by atomic mass is 32.3. The molecule has 0 saturated heterocycles. The van der Waals surface area contributed by atoms with E-state index in [0.29, 0.717) is 0 Å². The Balaban J connectivity index is 2.41. The van der Waals surface area contributed by atoms with Crippen LogP contribution in [-0.2, 0) is 0 Å². The molecular weight excluding hydrogens is 164 g/mol. The fourth-order valence-corrected chi connectivity index (χ4v) is 2.59. The van der Waals surface area contributed by atoms with Gasteiger partial charge in [-0.15, -0.1) is 0 Å². The molecule has 1 fully saturated rings. The predicted molar refractivity (Wildman–Crippen MR) is 61.4 cm³/mol. The first-order valence-corrected chi connectivity index (χ1v) is 7.99. The van der Waals surface area contributed by atoms with Gasteiger partial charge in [0.15, 0.2) is 0 Å². The van der Waals surface area contributed by atoms with Crippen LogP contribution in [0, 0.1) is 5.41 Å². The molecule has 1 aliphatic rings. The summed E-state index contributed by atoms with van der Waals surface area (Å²) in [6.07, 6.45) is 13.2. The van der Waals surface area contributed by atoms with Crippen LogP contribution in [0.15, 0.2) is 0 Å². The van der Waals surface area contributed by atoms with E-state index in [-0.39, 0.29) is 10.0 Å². The summed E-state index contributed by atoms with van der Waals surface area (Å²) in [5, 5.41) is 0.958. The summed E-state index contributed by atoms with van der Waals surface area (Å²) in [4.78, 5) is 0. The summed E-state index contributed by atoms with van der Waals surface area (Å²) >= 11 is 0. The molecule has 0 spiro atoms. The van der Waals surface area contributed by atoms with E-state index in [1.807, 2.05) is 0 Å². The van der Waals surface area contributed by atoms with E-state index in [4.69, 9.17) is 0 Å². The smallest absolute Gasteiger partial charge is 0.0142 e. The number of rotatable bonds is 4. The molecule has 74 valence electrons. The lowest BCUT2D eigenvalue weighted by molar-refractivity contribution is 0.448. The second kappa shape index (κ2) is 3.25. The Hall–Kier alpha value is 0.350. The third-order valence-corrected chi connectivity index (χ3v) is 6.22. The molecule has 1 saturated carbocycles. The molecule has 0 aromatic heterocycles. The van der Waals surface area contributed by atoms with Crippen molar-refractivity contribution in [3.05, 3.63) is 0 Å². The van der Waals surface area contributed by atoms with Gasteiger partial charge >= 0.3 is 0 Å². The van der Waals surface area contributed by atoms with E-state index in [0.717, 1.165) is 10.7 Å². The van der Waals surface area contributed by atoms with Crippen molar-refractivity contribution in [2.75, 3.05) is 18.8 Å². The minimum absolute atomic E-state index is 0.306. The third-order valence-electron chi connectivity index (χ3n) is 3.63. The number of hydrogen-bond donors (Lipinski definition) is 0. The molecule has 0 nitrogen and oxygen atoms in total. The van der Waals surface area contributed by atoms with Crippen molar-refractivity contribution in [2.45, 2.75) is 44.8 Å². The summed E-state index contributed by atoms with van der Waals surface area (Å²) in [5.41, 5.74) is 0.791. The Morgan fingerprint density at radius 1 is 1.25 bits per heavy atom. The van der Waals surface area contributed by atoms with Crippen molar-refractivity contribution in [2.24, 2.45) is 5.41 Å². The largest absolute Gasteiger partial charge is 0.247 e. The molecule has 1 rings (SSSR count). The monoisotopic (exact) mass is 188 g/mol. The van der Waals surface area contributed by atoms with Gasteiger partial charge in [-0.3, -0.25) is 0 Å². The zero-order valence-electron chi connectivity index (χ0n) is 9.31. The van der Waals surface area contributed by atoms with Gasteiger partial charge in [-0.05, 0) is 48.7 Å². The topological polar surface area (TPSA) is 0 Å². The molecule has 0 aromatic rings. The van der Waals surface area contributed by atoms with Crippen LogP contribution in [-0.4, -0.2) is 24.0 Å². The second-order valence-electron chi connectivity index (χ2n) is 5.30. The van der Waals surface area contributed by atoms with Crippen LogP contribution in [0.3, 0.4) is 0 Å². The van der Waals surface area contributed by atoms with Gasteiger partial charge in [-0.25, -0.2) is 10.0 Å². The zero-order valence-corrected chi connectivity index (χ0v) is 10.1. The second-order valence-corrected chi connectivity index (χ2v) is 9.97. The van der Waals surface area contributed by atoms with E-state index in [2.05, 4.69) is 32.6 Å². The van der Waals surface area contributed by atoms with Crippen molar-refractivity contribution in [1.29, 1.82) is 0 Å². The molecule has 12 heavy (non-hydrogen) atoms. The van der Waals surface area contributed by atoms with E-state index in [1.165, 1.54) is 25.7 Å². The number of hydrogen-bond acceptors (Lipinski definition) is 0. The molecule has 1 aliphatic carbocycles. The Morgan fingerprint density at radius 3 is 2.00 bits per heavy atom. The normalized spacial score (nSPS) is 25.1. The summed E-state index contributed by atoms with van der Waals surface area (Å²) in [5.74, 6) is 0.